The average Bonchev–Trinajstić information content (AvgIpc) is 2.95. The van der Waals surface area contributed by atoms with E-state index in [-0.39, 0.29) is 17.5 Å². The van der Waals surface area contributed by atoms with Gasteiger partial charge in [0.2, 0.25) is 0 Å². The van der Waals surface area contributed by atoms with Crippen LogP contribution in [-0.2, 0) is 0 Å². The highest BCUT2D eigenvalue weighted by Gasteiger charge is 2.46. The first-order valence-electron chi connectivity index (χ1n) is 9.80. The molecule has 2 aromatic carbocycles. The molecule has 0 spiro atoms. The summed E-state index contributed by atoms with van der Waals surface area (Å²) in [4.78, 5) is 26.7. The molecule has 1 heterocycles. The van der Waals surface area contributed by atoms with Crippen molar-refractivity contribution in [3.63, 3.8) is 0 Å². The fraction of sp³-hybridized carbons (Fsp3) is 0.364. The largest absolute Gasteiger partial charge is 0.405 e. The van der Waals surface area contributed by atoms with Crippen molar-refractivity contribution in [2.24, 2.45) is 0 Å². The number of imide groups is 1. The van der Waals surface area contributed by atoms with Gasteiger partial charge in [0.25, 0.3) is 11.8 Å². The SMILES string of the molecule is CC(C)c1cccc(C(C)C)c1N1C(=O)c2c(F)c(F)c(NCC(F)(F)F)c(F)c2C1=O. The summed E-state index contributed by atoms with van der Waals surface area (Å²) < 4.78 is 81.7. The number of hydrogen-bond acceptors (Lipinski definition) is 3. The van der Waals surface area contributed by atoms with E-state index in [1.54, 1.807) is 45.9 Å². The van der Waals surface area contributed by atoms with Crippen molar-refractivity contribution < 1.29 is 35.9 Å². The highest BCUT2D eigenvalue weighted by molar-refractivity contribution is 6.35. The third-order valence-corrected chi connectivity index (χ3v) is 5.19. The van der Waals surface area contributed by atoms with Gasteiger partial charge in [-0.25, -0.2) is 18.1 Å². The van der Waals surface area contributed by atoms with Gasteiger partial charge in [0, 0.05) is 0 Å². The fourth-order valence-corrected chi connectivity index (χ4v) is 3.69. The van der Waals surface area contributed by atoms with Crippen LogP contribution in [0.3, 0.4) is 0 Å². The third-order valence-electron chi connectivity index (χ3n) is 5.19. The predicted octanol–water partition coefficient (Wildman–Crippen LogP) is 6.13. The summed E-state index contributed by atoms with van der Waals surface area (Å²) in [6.07, 6.45) is -4.86. The minimum absolute atomic E-state index is 0.132. The van der Waals surface area contributed by atoms with E-state index in [0.717, 1.165) is 0 Å². The molecule has 1 aliphatic rings. The molecule has 1 aliphatic heterocycles. The van der Waals surface area contributed by atoms with E-state index in [4.69, 9.17) is 0 Å². The molecule has 0 radical (unpaired) electrons. The second-order valence-corrected chi connectivity index (χ2v) is 8.08. The first-order valence-corrected chi connectivity index (χ1v) is 9.80. The van der Waals surface area contributed by atoms with E-state index in [9.17, 15) is 35.9 Å². The molecular weight excluding hydrogens is 438 g/mol. The summed E-state index contributed by atoms with van der Waals surface area (Å²) in [6.45, 7) is 5.31. The lowest BCUT2D eigenvalue weighted by molar-refractivity contribution is -0.115. The van der Waals surface area contributed by atoms with Gasteiger partial charge in [-0.05, 0) is 23.0 Å². The number of benzene rings is 2. The van der Waals surface area contributed by atoms with Crippen molar-refractivity contribution in [3.8, 4) is 0 Å². The lowest BCUT2D eigenvalue weighted by Gasteiger charge is -2.25. The van der Waals surface area contributed by atoms with Crippen molar-refractivity contribution >= 4 is 23.2 Å². The Hall–Kier alpha value is -3.04. The molecule has 0 fully saturated rings. The van der Waals surface area contributed by atoms with Crippen LogP contribution in [0.4, 0.5) is 37.7 Å². The molecule has 10 heteroatoms. The van der Waals surface area contributed by atoms with Crippen molar-refractivity contribution in [1.29, 1.82) is 0 Å². The number of carbonyl (C=O) groups is 2. The van der Waals surface area contributed by atoms with E-state index in [1.165, 1.54) is 5.32 Å². The number of nitrogens with zero attached hydrogens (tertiary/aromatic N) is 1. The number of halogens is 6. The normalized spacial score (nSPS) is 14.1. The molecule has 0 bridgehead atoms. The fourth-order valence-electron chi connectivity index (χ4n) is 3.69. The zero-order valence-corrected chi connectivity index (χ0v) is 17.6. The molecule has 0 unspecified atom stereocenters. The Morgan fingerprint density at radius 1 is 0.844 bits per heavy atom. The number of anilines is 2. The highest BCUT2D eigenvalue weighted by atomic mass is 19.4. The van der Waals surface area contributed by atoms with Crippen LogP contribution in [0.5, 0.6) is 0 Å². The van der Waals surface area contributed by atoms with Gasteiger partial charge < -0.3 is 5.32 Å². The number of nitrogens with one attached hydrogen (secondary N) is 1. The zero-order valence-electron chi connectivity index (χ0n) is 17.6. The number of alkyl halides is 3. The number of para-hydroxylation sites is 1. The summed E-state index contributed by atoms with van der Waals surface area (Å²) in [5.74, 6) is -8.58. The molecule has 0 aromatic heterocycles. The Labute approximate surface area is 180 Å². The van der Waals surface area contributed by atoms with Crippen molar-refractivity contribution in [3.05, 3.63) is 57.9 Å². The molecule has 0 atom stereocenters. The quantitative estimate of drug-likeness (QED) is 0.333. The highest BCUT2D eigenvalue weighted by Crippen LogP contribution is 2.42. The van der Waals surface area contributed by atoms with Crippen molar-refractivity contribution in [2.75, 3.05) is 16.8 Å². The lowest BCUT2D eigenvalue weighted by Crippen LogP contribution is -2.32. The summed E-state index contributed by atoms with van der Waals surface area (Å²) in [5.41, 5.74) is -2.48. The molecule has 0 saturated carbocycles. The van der Waals surface area contributed by atoms with E-state index >= 15 is 0 Å². The molecule has 4 nitrogen and oxygen atoms in total. The standard InChI is InChI=1S/C22H20F6N2O2/c1-9(2)11-6-5-7-12(10(3)4)19(11)30-20(31)13-14(21(30)32)16(24)18(17(25)15(13)23)29-8-22(26,27)28/h5-7,9-10,29H,8H2,1-4H3. The van der Waals surface area contributed by atoms with Crippen molar-refractivity contribution in [1.82, 2.24) is 0 Å². The molecule has 2 amide bonds. The van der Waals surface area contributed by atoms with E-state index in [0.29, 0.717) is 16.0 Å². The number of rotatable bonds is 5. The Balaban J connectivity index is 2.24. The van der Waals surface area contributed by atoms with Crippen LogP contribution >= 0.6 is 0 Å². The maximum Gasteiger partial charge on any atom is 0.405 e. The number of fused-ring (bicyclic) bond motifs is 1. The van der Waals surface area contributed by atoms with Gasteiger partial charge in [-0.2, -0.15) is 13.2 Å². The van der Waals surface area contributed by atoms with Crippen LogP contribution in [0, 0.1) is 17.5 Å². The first kappa shape index (κ1) is 23.6. The summed E-state index contributed by atoms with van der Waals surface area (Å²) in [5, 5.41) is 1.44. The Morgan fingerprint density at radius 3 is 1.75 bits per heavy atom. The van der Waals surface area contributed by atoms with E-state index in [2.05, 4.69) is 0 Å². The number of carbonyl (C=O) groups excluding carboxylic acids is 2. The van der Waals surface area contributed by atoms with Crippen LogP contribution in [0.1, 0.15) is 71.4 Å². The van der Waals surface area contributed by atoms with Crippen molar-refractivity contribution in [2.45, 2.75) is 45.7 Å². The smallest absolute Gasteiger partial charge is 0.372 e. The van der Waals surface area contributed by atoms with Gasteiger partial charge >= 0.3 is 6.18 Å². The maximum atomic E-state index is 15.0. The zero-order chi connectivity index (χ0) is 24.1. The lowest BCUT2D eigenvalue weighted by atomic mass is 9.92. The van der Waals surface area contributed by atoms with Crippen LogP contribution in [-0.4, -0.2) is 24.5 Å². The average molecular weight is 458 g/mol. The Kier molecular flexibility index (Phi) is 6.01. The van der Waals surface area contributed by atoms with Gasteiger partial charge in [0.15, 0.2) is 17.5 Å². The topological polar surface area (TPSA) is 49.4 Å². The van der Waals surface area contributed by atoms with Gasteiger partial charge in [0.05, 0.1) is 16.8 Å². The third kappa shape index (κ3) is 3.82. The second-order valence-electron chi connectivity index (χ2n) is 8.08. The summed E-state index contributed by atoms with van der Waals surface area (Å²) in [6, 6.07) is 5.02. The summed E-state index contributed by atoms with van der Waals surface area (Å²) in [7, 11) is 0. The van der Waals surface area contributed by atoms with Gasteiger partial charge in [-0.3, -0.25) is 9.59 Å². The number of hydrogen-bond donors (Lipinski definition) is 1. The maximum absolute atomic E-state index is 15.0. The molecular formula is C22H20F6N2O2. The first-order chi connectivity index (χ1) is 14.8. The molecule has 172 valence electrons. The Bertz CT molecular complexity index is 1080. The second kappa shape index (κ2) is 8.14. The number of amides is 2. The predicted molar refractivity (Wildman–Crippen MR) is 107 cm³/mol. The van der Waals surface area contributed by atoms with Crippen LogP contribution in [0.25, 0.3) is 0 Å². The minimum Gasteiger partial charge on any atom is -0.372 e. The van der Waals surface area contributed by atoms with Gasteiger partial charge in [0.1, 0.15) is 12.2 Å². The molecule has 1 N–H and O–H groups in total. The Morgan fingerprint density at radius 2 is 1.31 bits per heavy atom. The molecule has 2 aromatic rings. The van der Waals surface area contributed by atoms with E-state index < -0.39 is 58.8 Å². The van der Waals surface area contributed by atoms with Crippen LogP contribution < -0.4 is 10.2 Å². The van der Waals surface area contributed by atoms with Crippen LogP contribution in [0.2, 0.25) is 0 Å². The summed E-state index contributed by atoms with van der Waals surface area (Å²) >= 11 is 0. The minimum atomic E-state index is -4.86. The van der Waals surface area contributed by atoms with Gasteiger partial charge in [-0.15, -0.1) is 0 Å². The molecule has 0 saturated heterocycles. The molecule has 0 aliphatic carbocycles. The van der Waals surface area contributed by atoms with Gasteiger partial charge in [-0.1, -0.05) is 45.9 Å². The van der Waals surface area contributed by atoms with Crippen LogP contribution in [0.15, 0.2) is 18.2 Å². The monoisotopic (exact) mass is 458 g/mol. The molecule has 3 rings (SSSR count). The van der Waals surface area contributed by atoms with E-state index in [1.807, 2.05) is 0 Å². The molecule has 32 heavy (non-hydrogen) atoms.